The average Bonchev–Trinajstić information content (AvgIpc) is 3.30. The smallest absolute Gasteiger partial charge is 0.267 e. The van der Waals surface area contributed by atoms with Gasteiger partial charge in [-0.25, -0.2) is 4.98 Å². The van der Waals surface area contributed by atoms with Gasteiger partial charge in [-0.15, -0.1) is 0 Å². The van der Waals surface area contributed by atoms with Crippen molar-refractivity contribution in [1.82, 2.24) is 25.0 Å². The third-order valence-corrected chi connectivity index (χ3v) is 5.46. The van der Waals surface area contributed by atoms with E-state index in [1.54, 1.807) is 6.20 Å². The van der Waals surface area contributed by atoms with Crippen molar-refractivity contribution in [3.05, 3.63) is 60.6 Å². The zero-order valence-corrected chi connectivity index (χ0v) is 17.6. The normalized spacial score (nSPS) is 15.9. The van der Waals surface area contributed by atoms with Crippen LogP contribution >= 0.6 is 0 Å². The first kappa shape index (κ1) is 19.4. The first-order valence-electron chi connectivity index (χ1n) is 10.4. The molecule has 0 radical (unpaired) electrons. The van der Waals surface area contributed by atoms with Gasteiger partial charge in [0.15, 0.2) is 6.10 Å². The van der Waals surface area contributed by atoms with Crippen LogP contribution in [0.15, 0.2) is 59.3 Å². The molecular weight excluding hydrogens is 392 g/mol. The number of fused-ring (bicyclic) bond motifs is 1. The van der Waals surface area contributed by atoms with E-state index in [0.29, 0.717) is 23.2 Å². The number of aromatic nitrogens is 4. The first-order chi connectivity index (χ1) is 15.2. The maximum Gasteiger partial charge on any atom is 0.267 e. The van der Waals surface area contributed by atoms with Crippen LogP contribution in [0.5, 0.6) is 5.75 Å². The fourth-order valence-corrected chi connectivity index (χ4v) is 3.63. The monoisotopic (exact) mass is 416 g/mol. The van der Waals surface area contributed by atoms with Gasteiger partial charge in [0.25, 0.3) is 5.89 Å². The molecule has 1 saturated heterocycles. The molecule has 8 nitrogen and oxygen atoms in total. The summed E-state index contributed by atoms with van der Waals surface area (Å²) in [5, 5.41) is 5.14. The Labute approximate surface area is 180 Å². The van der Waals surface area contributed by atoms with E-state index in [1.165, 1.54) is 0 Å². The number of hydrogen-bond acceptors (Lipinski definition) is 8. The van der Waals surface area contributed by atoms with Crippen molar-refractivity contribution in [3.8, 4) is 17.3 Å². The summed E-state index contributed by atoms with van der Waals surface area (Å²) in [4.78, 5) is 18.3. The lowest BCUT2D eigenvalue weighted by atomic mass is 10.2. The molecule has 1 aliphatic heterocycles. The van der Waals surface area contributed by atoms with Crippen LogP contribution in [0.25, 0.3) is 22.4 Å². The lowest BCUT2D eigenvalue weighted by molar-refractivity contribution is 0.175. The summed E-state index contributed by atoms with van der Waals surface area (Å²) in [6.45, 7) is 5.83. The highest BCUT2D eigenvalue weighted by molar-refractivity contribution is 5.79. The Kier molecular flexibility index (Phi) is 5.21. The van der Waals surface area contributed by atoms with E-state index in [4.69, 9.17) is 14.2 Å². The number of rotatable bonds is 5. The minimum atomic E-state index is -0.412. The molecular formula is C23H24N6O2. The van der Waals surface area contributed by atoms with E-state index < -0.39 is 6.10 Å². The van der Waals surface area contributed by atoms with Crippen LogP contribution in [0.1, 0.15) is 18.9 Å². The number of anilines is 1. The Bertz CT molecular complexity index is 1190. The third kappa shape index (κ3) is 4.20. The summed E-state index contributed by atoms with van der Waals surface area (Å²) >= 11 is 0. The second kappa shape index (κ2) is 8.31. The fraction of sp³-hybridized carbons (Fsp3) is 0.304. The molecule has 0 aliphatic carbocycles. The van der Waals surface area contributed by atoms with E-state index in [2.05, 4.69) is 32.0 Å². The zero-order valence-electron chi connectivity index (χ0n) is 17.6. The van der Waals surface area contributed by atoms with E-state index in [-0.39, 0.29) is 0 Å². The van der Waals surface area contributed by atoms with Gasteiger partial charge in [-0.1, -0.05) is 29.4 Å². The van der Waals surface area contributed by atoms with Crippen molar-refractivity contribution in [1.29, 1.82) is 0 Å². The summed E-state index contributed by atoms with van der Waals surface area (Å²) in [6.07, 6.45) is 1.29. The van der Waals surface area contributed by atoms with Crippen LogP contribution in [0.3, 0.4) is 0 Å². The molecule has 0 amide bonds. The molecule has 0 saturated carbocycles. The molecule has 5 rings (SSSR count). The number of para-hydroxylation sites is 1. The summed E-state index contributed by atoms with van der Waals surface area (Å²) in [5.41, 5.74) is 1.61. The molecule has 4 heterocycles. The lowest BCUT2D eigenvalue weighted by Gasteiger charge is -2.33. The van der Waals surface area contributed by atoms with E-state index in [0.717, 1.165) is 42.9 Å². The summed E-state index contributed by atoms with van der Waals surface area (Å²) in [6, 6.07) is 15.8. The van der Waals surface area contributed by atoms with Crippen molar-refractivity contribution >= 4 is 16.7 Å². The maximum absolute atomic E-state index is 5.99. The molecule has 158 valence electrons. The topological polar surface area (TPSA) is 80.4 Å². The Morgan fingerprint density at radius 2 is 1.84 bits per heavy atom. The summed E-state index contributed by atoms with van der Waals surface area (Å²) in [5.74, 6) is 2.44. The maximum atomic E-state index is 5.99. The van der Waals surface area contributed by atoms with Crippen LogP contribution in [0, 0.1) is 0 Å². The van der Waals surface area contributed by atoms with Gasteiger partial charge in [0.1, 0.15) is 17.3 Å². The minimum absolute atomic E-state index is 0.398. The van der Waals surface area contributed by atoms with Gasteiger partial charge in [-0.3, -0.25) is 4.98 Å². The molecule has 0 spiro atoms. The van der Waals surface area contributed by atoms with Crippen LogP contribution in [-0.2, 0) is 0 Å². The number of hydrogen-bond donors (Lipinski definition) is 0. The molecule has 1 atom stereocenters. The molecule has 4 aromatic rings. The molecule has 1 aromatic carbocycles. The standard InChI is InChI=1S/C23H24N6O2/c1-16(30-18-14-17-6-3-4-7-19(17)24-15-18)23-26-22(27-31-23)20-8-5-9-21(25-20)29-12-10-28(2)11-13-29/h3-9,14-16H,10-13H2,1-2H3/t16-/m0/s1. The van der Waals surface area contributed by atoms with Crippen molar-refractivity contribution in [2.75, 3.05) is 38.1 Å². The van der Waals surface area contributed by atoms with Crippen molar-refractivity contribution < 1.29 is 9.26 Å². The number of benzene rings is 1. The van der Waals surface area contributed by atoms with Crippen LogP contribution < -0.4 is 9.64 Å². The summed E-state index contributed by atoms with van der Waals surface area (Å²) in [7, 11) is 2.14. The molecule has 0 unspecified atom stereocenters. The molecule has 8 heteroatoms. The van der Waals surface area contributed by atoms with Gasteiger partial charge in [0, 0.05) is 31.6 Å². The first-order valence-corrected chi connectivity index (χ1v) is 10.4. The highest BCUT2D eigenvalue weighted by Crippen LogP contribution is 2.25. The molecule has 1 aliphatic rings. The van der Waals surface area contributed by atoms with Crippen molar-refractivity contribution in [3.63, 3.8) is 0 Å². The number of ether oxygens (including phenoxy) is 1. The minimum Gasteiger partial charge on any atom is -0.479 e. The Morgan fingerprint density at radius 1 is 1.00 bits per heavy atom. The highest BCUT2D eigenvalue weighted by Gasteiger charge is 2.20. The predicted molar refractivity (Wildman–Crippen MR) is 118 cm³/mol. The second-order valence-electron chi connectivity index (χ2n) is 7.75. The molecule has 31 heavy (non-hydrogen) atoms. The van der Waals surface area contributed by atoms with Gasteiger partial charge in [0.05, 0.1) is 11.7 Å². The number of piperazine rings is 1. The van der Waals surface area contributed by atoms with Crippen LogP contribution in [0.2, 0.25) is 0 Å². The van der Waals surface area contributed by atoms with Crippen LogP contribution in [-0.4, -0.2) is 58.2 Å². The Balaban J connectivity index is 1.31. The van der Waals surface area contributed by atoms with Gasteiger partial charge in [-0.05, 0) is 38.2 Å². The third-order valence-electron chi connectivity index (χ3n) is 5.46. The fourth-order valence-electron chi connectivity index (χ4n) is 3.63. The Hall–Kier alpha value is -3.52. The Morgan fingerprint density at radius 3 is 2.71 bits per heavy atom. The van der Waals surface area contributed by atoms with Gasteiger partial charge in [-0.2, -0.15) is 4.98 Å². The SMILES string of the molecule is C[C@H](Oc1cnc2ccccc2c1)c1nc(-c2cccc(N3CCN(C)CC3)n2)no1. The van der Waals surface area contributed by atoms with E-state index in [1.807, 2.05) is 55.5 Å². The largest absolute Gasteiger partial charge is 0.479 e. The number of nitrogens with zero attached hydrogens (tertiary/aromatic N) is 6. The van der Waals surface area contributed by atoms with Gasteiger partial charge < -0.3 is 19.1 Å². The lowest BCUT2D eigenvalue weighted by Crippen LogP contribution is -2.44. The highest BCUT2D eigenvalue weighted by atomic mass is 16.5. The number of likely N-dealkylation sites (N-methyl/N-ethyl adjacent to an activating group) is 1. The molecule has 1 fully saturated rings. The predicted octanol–water partition coefficient (Wildman–Crippen LogP) is 3.57. The molecule has 0 N–H and O–H groups in total. The summed E-state index contributed by atoms with van der Waals surface area (Å²) < 4.78 is 11.5. The zero-order chi connectivity index (χ0) is 21.2. The van der Waals surface area contributed by atoms with E-state index >= 15 is 0 Å². The van der Waals surface area contributed by atoms with Crippen molar-refractivity contribution in [2.24, 2.45) is 0 Å². The second-order valence-corrected chi connectivity index (χ2v) is 7.75. The molecule has 3 aromatic heterocycles. The molecule has 0 bridgehead atoms. The van der Waals surface area contributed by atoms with Gasteiger partial charge in [0.2, 0.25) is 5.82 Å². The quantitative estimate of drug-likeness (QED) is 0.488. The average molecular weight is 416 g/mol. The van der Waals surface area contributed by atoms with Crippen molar-refractivity contribution in [2.45, 2.75) is 13.0 Å². The number of pyridine rings is 2. The van der Waals surface area contributed by atoms with Crippen LogP contribution in [0.4, 0.5) is 5.82 Å². The van der Waals surface area contributed by atoms with E-state index in [9.17, 15) is 0 Å². The van der Waals surface area contributed by atoms with Gasteiger partial charge >= 0.3 is 0 Å².